The fraction of sp³-hybridized carbons (Fsp3) is 0.273. The first-order chi connectivity index (χ1) is 6.27. The van der Waals surface area contributed by atoms with Crippen LogP contribution in [0.3, 0.4) is 0 Å². The molecule has 1 aromatic carbocycles. The van der Waals surface area contributed by atoms with Gasteiger partial charge in [0.1, 0.15) is 0 Å². The highest BCUT2D eigenvalue weighted by Gasteiger charge is 2.03. The second-order valence-corrected chi connectivity index (χ2v) is 4.91. The van der Waals surface area contributed by atoms with Gasteiger partial charge in [-0.3, -0.25) is 0 Å². The number of fused-ring (bicyclic) bond motifs is 1. The van der Waals surface area contributed by atoms with E-state index in [4.69, 9.17) is 0 Å². The Labute approximate surface area is 86.3 Å². The minimum atomic E-state index is 0.529. The second-order valence-electron chi connectivity index (χ2n) is 3.34. The Kier molecular flexibility index (Phi) is 2.40. The monoisotopic (exact) mass is 237 g/mol. The van der Waals surface area contributed by atoms with Crippen LogP contribution >= 0.6 is 15.9 Å². The highest BCUT2D eigenvalue weighted by molar-refractivity contribution is 9.09. The minimum absolute atomic E-state index is 0.529. The quantitative estimate of drug-likeness (QED) is 0.771. The average Bonchev–Trinajstić information content (AvgIpc) is 2.51. The van der Waals surface area contributed by atoms with Crippen LogP contribution in [0.5, 0.6) is 0 Å². The minimum Gasteiger partial charge on any atom is -0.361 e. The molecule has 0 radical (unpaired) electrons. The van der Waals surface area contributed by atoms with Gasteiger partial charge in [0.2, 0.25) is 0 Å². The maximum absolute atomic E-state index is 3.57. The Bertz CT molecular complexity index is 403. The molecule has 0 aliphatic heterocycles. The van der Waals surface area contributed by atoms with Crippen LogP contribution in [0.25, 0.3) is 10.9 Å². The third-order valence-corrected chi connectivity index (χ3v) is 2.50. The van der Waals surface area contributed by atoms with Crippen LogP contribution in [0.4, 0.5) is 0 Å². The molecule has 2 rings (SSSR count). The second kappa shape index (κ2) is 3.54. The largest absolute Gasteiger partial charge is 0.361 e. The fourth-order valence-electron chi connectivity index (χ4n) is 1.62. The summed E-state index contributed by atoms with van der Waals surface area (Å²) in [7, 11) is 0. The number of benzene rings is 1. The molecule has 0 fully saturated rings. The van der Waals surface area contributed by atoms with Crippen LogP contribution in [-0.4, -0.2) is 9.81 Å². The summed E-state index contributed by atoms with van der Waals surface area (Å²) in [4.78, 5) is 3.80. The maximum Gasteiger partial charge on any atom is 0.0486 e. The van der Waals surface area contributed by atoms with E-state index in [0.29, 0.717) is 4.83 Å². The van der Waals surface area contributed by atoms with Gasteiger partial charge in [-0.05, 0) is 23.4 Å². The third-order valence-electron chi connectivity index (χ3n) is 2.17. The lowest BCUT2D eigenvalue weighted by molar-refractivity contribution is 0.965. The van der Waals surface area contributed by atoms with E-state index < -0.39 is 0 Å². The number of alkyl halides is 1. The lowest BCUT2D eigenvalue weighted by Gasteiger charge is -2.04. The first-order valence-corrected chi connectivity index (χ1v) is 5.38. The van der Waals surface area contributed by atoms with Crippen molar-refractivity contribution >= 4 is 26.8 Å². The van der Waals surface area contributed by atoms with Gasteiger partial charge in [-0.1, -0.05) is 41.1 Å². The van der Waals surface area contributed by atoms with Crippen molar-refractivity contribution in [2.24, 2.45) is 0 Å². The van der Waals surface area contributed by atoms with Crippen molar-refractivity contribution in [1.29, 1.82) is 0 Å². The van der Waals surface area contributed by atoms with E-state index in [1.54, 1.807) is 0 Å². The summed E-state index contributed by atoms with van der Waals surface area (Å²) < 4.78 is 0. The van der Waals surface area contributed by atoms with Gasteiger partial charge in [0.25, 0.3) is 0 Å². The number of halogens is 1. The lowest BCUT2D eigenvalue weighted by atomic mass is 10.1. The molecule has 1 nitrogen and oxygen atoms in total. The first kappa shape index (κ1) is 8.82. The zero-order valence-corrected chi connectivity index (χ0v) is 9.14. The predicted octanol–water partition coefficient (Wildman–Crippen LogP) is 3.49. The Morgan fingerprint density at radius 3 is 3.00 bits per heavy atom. The summed E-state index contributed by atoms with van der Waals surface area (Å²) in [5.41, 5.74) is 2.65. The lowest BCUT2D eigenvalue weighted by Crippen LogP contribution is -1.96. The average molecular weight is 238 g/mol. The van der Waals surface area contributed by atoms with Gasteiger partial charge in [0.15, 0.2) is 0 Å². The van der Waals surface area contributed by atoms with Crippen molar-refractivity contribution in [2.75, 3.05) is 0 Å². The number of para-hydroxylation sites is 1. The summed E-state index contributed by atoms with van der Waals surface area (Å²) >= 11 is 3.57. The highest BCUT2D eigenvalue weighted by Crippen LogP contribution is 2.19. The van der Waals surface area contributed by atoms with Crippen molar-refractivity contribution in [3.63, 3.8) is 0 Å². The first-order valence-electron chi connectivity index (χ1n) is 4.46. The summed E-state index contributed by atoms with van der Waals surface area (Å²) in [6, 6.07) is 8.53. The zero-order chi connectivity index (χ0) is 9.26. The van der Waals surface area contributed by atoms with Crippen LogP contribution in [0, 0.1) is 0 Å². The van der Waals surface area contributed by atoms with Gasteiger partial charge in [-0.25, -0.2) is 0 Å². The van der Waals surface area contributed by atoms with Crippen LogP contribution in [0.1, 0.15) is 12.5 Å². The van der Waals surface area contributed by atoms with Crippen molar-refractivity contribution < 1.29 is 0 Å². The molecule has 1 N–H and O–H groups in total. The molecule has 1 heterocycles. The number of H-pyrrole nitrogens is 1. The number of nitrogens with one attached hydrogen (secondary N) is 1. The Balaban J connectivity index is 2.48. The van der Waals surface area contributed by atoms with E-state index in [0.717, 1.165) is 6.42 Å². The summed E-state index contributed by atoms with van der Waals surface area (Å²) in [5.74, 6) is 0. The molecule has 0 aliphatic rings. The fourth-order valence-corrected chi connectivity index (χ4v) is 1.97. The number of aromatic nitrogens is 1. The van der Waals surface area contributed by atoms with E-state index in [1.807, 2.05) is 6.20 Å². The van der Waals surface area contributed by atoms with Gasteiger partial charge in [-0.2, -0.15) is 0 Å². The molecule has 1 unspecified atom stereocenters. The van der Waals surface area contributed by atoms with Gasteiger partial charge in [0.05, 0.1) is 0 Å². The molecule has 1 atom stereocenters. The molecule has 0 bridgehead atoms. The standard InChI is InChI=1S/C11H12BrN/c1-8(12)7-10-4-2-3-9-5-6-13-11(9)10/h2-6,8,13H,7H2,1H3. The van der Waals surface area contributed by atoms with Crippen LogP contribution in [0.2, 0.25) is 0 Å². The van der Waals surface area contributed by atoms with Gasteiger partial charge >= 0.3 is 0 Å². The Hall–Kier alpha value is -0.760. The Morgan fingerprint density at radius 2 is 2.23 bits per heavy atom. The summed E-state index contributed by atoms with van der Waals surface area (Å²) in [6.45, 7) is 2.17. The van der Waals surface area contributed by atoms with Crippen LogP contribution in [0.15, 0.2) is 30.5 Å². The van der Waals surface area contributed by atoms with Crippen LogP contribution < -0.4 is 0 Å². The maximum atomic E-state index is 3.57. The zero-order valence-electron chi connectivity index (χ0n) is 7.55. The molecule has 2 aromatic rings. The summed E-state index contributed by atoms with van der Waals surface area (Å²) in [5, 5.41) is 1.30. The van der Waals surface area contributed by atoms with Crippen molar-refractivity contribution in [2.45, 2.75) is 18.2 Å². The highest BCUT2D eigenvalue weighted by atomic mass is 79.9. The molecule has 0 spiro atoms. The number of rotatable bonds is 2. The van der Waals surface area contributed by atoms with E-state index in [9.17, 15) is 0 Å². The third kappa shape index (κ3) is 1.78. The molecule has 68 valence electrons. The normalized spacial score (nSPS) is 13.4. The molecular formula is C11H12BrN. The molecule has 2 heteroatoms. The predicted molar refractivity (Wildman–Crippen MR) is 60.4 cm³/mol. The van der Waals surface area contributed by atoms with Gasteiger partial charge in [-0.15, -0.1) is 0 Å². The molecule has 1 aromatic heterocycles. The molecule has 0 saturated heterocycles. The topological polar surface area (TPSA) is 15.8 Å². The van der Waals surface area contributed by atoms with Crippen molar-refractivity contribution in [3.8, 4) is 0 Å². The van der Waals surface area contributed by atoms with E-state index in [2.05, 4.69) is 52.1 Å². The Morgan fingerprint density at radius 1 is 1.38 bits per heavy atom. The molecule has 0 amide bonds. The van der Waals surface area contributed by atoms with Crippen molar-refractivity contribution in [1.82, 2.24) is 4.98 Å². The number of aromatic amines is 1. The molecule has 13 heavy (non-hydrogen) atoms. The number of hydrogen-bond donors (Lipinski definition) is 1. The van der Waals surface area contributed by atoms with E-state index in [-0.39, 0.29) is 0 Å². The smallest absolute Gasteiger partial charge is 0.0486 e. The molecule has 0 aliphatic carbocycles. The summed E-state index contributed by atoms with van der Waals surface area (Å²) in [6.07, 6.45) is 3.06. The molecular weight excluding hydrogens is 226 g/mol. The van der Waals surface area contributed by atoms with Crippen molar-refractivity contribution in [3.05, 3.63) is 36.0 Å². The number of hydrogen-bond acceptors (Lipinski definition) is 0. The van der Waals surface area contributed by atoms with Crippen LogP contribution in [-0.2, 0) is 6.42 Å². The SMILES string of the molecule is CC(Br)Cc1cccc2cc[nH]c12. The van der Waals surface area contributed by atoms with Gasteiger partial charge in [0, 0.05) is 16.5 Å². The van der Waals surface area contributed by atoms with E-state index in [1.165, 1.54) is 16.5 Å². The van der Waals surface area contributed by atoms with Gasteiger partial charge < -0.3 is 4.98 Å². The van der Waals surface area contributed by atoms with E-state index >= 15 is 0 Å². The molecule has 0 saturated carbocycles.